The third kappa shape index (κ3) is 3.41. The minimum absolute atomic E-state index is 0.0993. The zero-order chi connectivity index (χ0) is 12.8. The number of hydrogen-bond acceptors (Lipinski definition) is 3. The van der Waals surface area contributed by atoms with Crippen LogP contribution >= 0.6 is 0 Å². The molecule has 2 rings (SSSR count). The first kappa shape index (κ1) is 12.8. The molecule has 0 amide bonds. The van der Waals surface area contributed by atoms with Crippen molar-refractivity contribution in [3.05, 3.63) is 48.4 Å². The summed E-state index contributed by atoms with van der Waals surface area (Å²) in [5.74, 6) is 0. The van der Waals surface area contributed by atoms with E-state index in [1.165, 1.54) is 18.1 Å². The van der Waals surface area contributed by atoms with Crippen molar-refractivity contribution in [3.63, 3.8) is 0 Å². The van der Waals surface area contributed by atoms with Gasteiger partial charge in [0.05, 0.1) is 12.5 Å². The number of imidazole rings is 1. The second-order valence-corrected chi connectivity index (χ2v) is 5.64. The van der Waals surface area contributed by atoms with Gasteiger partial charge in [0.25, 0.3) is 10.0 Å². The highest BCUT2D eigenvalue weighted by Gasteiger charge is 2.13. The average Bonchev–Trinajstić information content (AvgIpc) is 2.91. The Morgan fingerprint density at radius 2 is 2.00 bits per heavy atom. The van der Waals surface area contributed by atoms with Gasteiger partial charge in [0.15, 0.2) is 5.03 Å². The summed E-state index contributed by atoms with van der Waals surface area (Å²) < 4.78 is 26.0. The van der Waals surface area contributed by atoms with Crippen molar-refractivity contribution in [1.82, 2.24) is 14.7 Å². The quantitative estimate of drug-likeness (QED) is 0.774. The fraction of sp³-hybridized carbons (Fsp3) is 0.250. The van der Waals surface area contributed by atoms with Gasteiger partial charge in [-0.1, -0.05) is 30.3 Å². The molecular weight excluding hydrogens is 250 g/mol. The summed E-state index contributed by atoms with van der Waals surface area (Å²) in [6.45, 7) is 0.413. The summed E-state index contributed by atoms with van der Waals surface area (Å²) in [7, 11) is -3.44. The largest absolute Gasteiger partial charge is 0.335 e. The van der Waals surface area contributed by atoms with E-state index in [4.69, 9.17) is 0 Å². The number of aryl methyl sites for hydroxylation is 1. The van der Waals surface area contributed by atoms with Crippen molar-refractivity contribution in [1.29, 1.82) is 0 Å². The number of nitrogens with one attached hydrogen (secondary N) is 2. The summed E-state index contributed by atoms with van der Waals surface area (Å²) in [5.41, 5.74) is 1.21. The molecule has 0 radical (unpaired) electrons. The Morgan fingerprint density at radius 1 is 1.22 bits per heavy atom. The summed E-state index contributed by atoms with van der Waals surface area (Å²) >= 11 is 0. The second kappa shape index (κ2) is 5.79. The molecule has 18 heavy (non-hydrogen) atoms. The third-order valence-corrected chi connectivity index (χ3v) is 3.93. The Kier molecular flexibility index (Phi) is 4.11. The lowest BCUT2D eigenvalue weighted by atomic mass is 10.1. The predicted molar refractivity (Wildman–Crippen MR) is 68.5 cm³/mol. The number of rotatable bonds is 6. The van der Waals surface area contributed by atoms with Crippen molar-refractivity contribution in [3.8, 4) is 0 Å². The van der Waals surface area contributed by atoms with E-state index in [9.17, 15) is 8.42 Å². The average molecular weight is 265 g/mol. The van der Waals surface area contributed by atoms with Gasteiger partial charge >= 0.3 is 0 Å². The van der Waals surface area contributed by atoms with E-state index in [2.05, 4.69) is 14.7 Å². The fourth-order valence-corrected chi connectivity index (χ4v) is 2.59. The van der Waals surface area contributed by atoms with Gasteiger partial charge in [-0.25, -0.2) is 18.1 Å². The highest BCUT2D eigenvalue weighted by Crippen LogP contribution is 2.04. The smallest absolute Gasteiger partial charge is 0.257 e. The maximum Gasteiger partial charge on any atom is 0.257 e. The van der Waals surface area contributed by atoms with Crippen LogP contribution in [-0.2, 0) is 16.4 Å². The van der Waals surface area contributed by atoms with Gasteiger partial charge in [0, 0.05) is 6.54 Å². The summed E-state index contributed by atoms with van der Waals surface area (Å²) in [5, 5.41) is 0.0993. The lowest BCUT2D eigenvalue weighted by Crippen LogP contribution is -2.25. The highest BCUT2D eigenvalue weighted by molar-refractivity contribution is 7.89. The minimum atomic E-state index is -3.44. The van der Waals surface area contributed by atoms with Crippen molar-refractivity contribution in [2.75, 3.05) is 6.54 Å². The Morgan fingerprint density at radius 3 is 2.67 bits per heavy atom. The van der Waals surface area contributed by atoms with Gasteiger partial charge < -0.3 is 4.98 Å². The number of hydrogen-bond donors (Lipinski definition) is 2. The molecule has 0 aliphatic heterocycles. The third-order valence-electron chi connectivity index (χ3n) is 2.54. The van der Waals surface area contributed by atoms with E-state index >= 15 is 0 Å². The molecule has 1 heterocycles. The molecule has 0 atom stereocenters. The molecule has 0 saturated heterocycles. The van der Waals surface area contributed by atoms with Crippen LogP contribution in [0.2, 0.25) is 0 Å². The number of nitrogens with zero attached hydrogens (tertiary/aromatic N) is 1. The maximum atomic E-state index is 11.7. The van der Waals surface area contributed by atoms with E-state index < -0.39 is 10.0 Å². The number of benzene rings is 1. The molecule has 5 nitrogen and oxygen atoms in total. The molecule has 6 heteroatoms. The fourth-order valence-electron chi connectivity index (χ4n) is 1.61. The van der Waals surface area contributed by atoms with Gasteiger partial charge in [-0.3, -0.25) is 0 Å². The molecule has 0 saturated carbocycles. The van der Waals surface area contributed by atoms with Gasteiger partial charge in [0.1, 0.15) is 0 Å². The van der Waals surface area contributed by atoms with E-state index in [0.717, 1.165) is 12.8 Å². The molecule has 0 bridgehead atoms. The van der Waals surface area contributed by atoms with E-state index in [1.54, 1.807) is 0 Å². The zero-order valence-electron chi connectivity index (χ0n) is 9.83. The van der Waals surface area contributed by atoms with Crippen LogP contribution in [-0.4, -0.2) is 24.9 Å². The van der Waals surface area contributed by atoms with E-state index in [-0.39, 0.29) is 5.03 Å². The number of sulfonamides is 1. The molecule has 0 unspecified atom stereocenters. The highest BCUT2D eigenvalue weighted by atomic mass is 32.2. The Bertz CT molecular complexity index is 565. The number of aromatic nitrogens is 2. The van der Waals surface area contributed by atoms with Gasteiger partial charge in [0.2, 0.25) is 0 Å². The van der Waals surface area contributed by atoms with Crippen LogP contribution < -0.4 is 4.72 Å². The standard InChI is InChI=1S/C12H15N3O2S/c16-18(17,12-9-13-10-14-12)15-8-4-7-11-5-2-1-3-6-11/h1-3,5-6,9-10,15H,4,7-8H2,(H,13,14). The first-order valence-corrected chi connectivity index (χ1v) is 7.19. The molecule has 0 aliphatic rings. The van der Waals surface area contributed by atoms with Crippen LogP contribution in [0.1, 0.15) is 12.0 Å². The normalized spacial score (nSPS) is 11.6. The minimum Gasteiger partial charge on any atom is -0.335 e. The first-order valence-electron chi connectivity index (χ1n) is 5.70. The lowest BCUT2D eigenvalue weighted by molar-refractivity contribution is 0.576. The van der Waals surface area contributed by atoms with Gasteiger partial charge in [-0.2, -0.15) is 0 Å². The Balaban J connectivity index is 1.79. The van der Waals surface area contributed by atoms with E-state index in [1.807, 2.05) is 30.3 Å². The summed E-state index contributed by atoms with van der Waals surface area (Å²) in [6.07, 6.45) is 4.25. The van der Waals surface area contributed by atoms with Crippen LogP contribution in [0, 0.1) is 0 Å². The van der Waals surface area contributed by atoms with Gasteiger partial charge in [-0.05, 0) is 18.4 Å². The molecular formula is C12H15N3O2S. The lowest BCUT2D eigenvalue weighted by Gasteiger charge is -2.04. The molecule has 0 fully saturated rings. The van der Waals surface area contributed by atoms with Crippen molar-refractivity contribution >= 4 is 10.0 Å². The summed E-state index contributed by atoms with van der Waals surface area (Å²) in [4.78, 5) is 6.26. The van der Waals surface area contributed by atoms with Crippen LogP contribution in [0.3, 0.4) is 0 Å². The van der Waals surface area contributed by atoms with Crippen LogP contribution in [0.4, 0.5) is 0 Å². The maximum absolute atomic E-state index is 11.7. The molecule has 1 aromatic heterocycles. The molecule has 0 spiro atoms. The van der Waals surface area contributed by atoms with Crippen molar-refractivity contribution < 1.29 is 8.42 Å². The van der Waals surface area contributed by atoms with Crippen molar-refractivity contribution in [2.45, 2.75) is 17.9 Å². The first-order chi connectivity index (χ1) is 8.68. The summed E-state index contributed by atoms with van der Waals surface area (Å²) in [6, 6.07) is 9.98. The van der Waals surface area contributed by atoms with Crippen LogP contribution in [0.25, 0.3) is 0 Å². The van der Waals surface area contributed by atoms with Crippen molar-refractivity contribution in [2.24, 2.45) is 0 Å². The Labute approximate surface area is 106 Å². The molecule has 0 aliphatic carbocycles. The molecule has 2 aromatic rings. The molecule has 96 valence electrons. The molecule has 2 N–H and O–H groups in total. The second-order valence-electron chi connectivity index (χ2n) is 3.90. The van der Waals surface area contributed by atoms with Crippen LogP contribution in [0.15, 0.2) is 47.9 Å². The number of aromatic amines is 1. The van der Waals surface area contributed by atoms with Crippen LogP contribution in [0.5, 0.6) is 0 Å². The monoisotopic (exact) mass is 265 g/mol. The predicted octanol–water partition coefficient (Wildman–Crippen LogP) is 1.32. The topological polar surface area (TPSA) is 74.8 Å². The van der Waals surface area contributed by atoms with E-state index in [0.29, 0.717) is 6.54 Å². The molecule has 1 aromatic carbocycles. The number of H-pyrrole nitrogens is 1. The SMILES string of the molecule is O=S(=O)(NCCCc1ccccc1)c1cnc[nH]1. The van der Waals surface area contributed by atoms with Gasteiger partial charge in [-0.15, -0.1) is 0 Å². The Hall–Kier alpha value is -1.66. The zero-order valence-corrected chi connectivity index (χ0v) is 10.7.